The van der Waals surface area contributed by atoms with Gasteiger partial charge in [0.2, 0.25) is 0 Å². The van der Waals surface area contributed by atoms with Gasteiger partial charge in [0.05, 0.1) is 24.5 Å². The molecule has 0 spiro atoms. The van der Waals surface area contributed by atoms with Crippen LogP contribution in [0.1, 0.15) is 23.9 Å². The Bertz CT molecular complexity index is 700. The smallest absolute Gasteiger partial charge is 0.255 e. The average Bonchev–Trinajstić information content (AvgIpc) is 2.88. The van der Waals surface area contributed by atoms with Crippen LogP contribution < -0.4 is 10.6 Å². The molecule has 0 fully saturated rings. The molecule has 0 aliphatic carbocycles. The lowest BCUT2D eigenvalue weighted by Crippen LogP contribution is -2.39. The SMILES string of the molecule is CCNC(=NCc1ccccc1-n1nc(C)cc1C)NCC(F)F.I. The van der Waals surface area contributed by atoms with Gasteiger partial charge < -0.3 is 10.6 Å². The van der Waals surface area contributed by atoms with Crippen LogP contribution in [-0.4, -0.2) is 35.3 Å². The van der Waals surface area contributed by atoms with E-state index in [-0.39, 0.29) is 24.0 Å². The molecule has 0 radical (unpaired) electrons. The Morgan fingerprint density at radius 3 is 2.56 bits per heavy atom. The number of guanidine groups is 1. The van der Waals surface area contributed by atoms with E-state index in [1.807, 2.05) is 55.8 Å². The van der Waals surface area contributed by atoms with Crippen molar-refractivity contribution in [2.45, 2.75) is 33.7 Å². The summed E-state index contributed by atoms with van der Waals surface area (Å²) in [6, 6.07) is 9.82. The molecule has 1 heterocycles. The van der Waals surface area contributed by atoms with E-state index >= 15 is 0 Å². The summed E-state index contributed by atoms with van der Waals surface area (Å²) in [6.07, 6.45) is -2.42. The zero-order valence-electron chi connectivity index (χ0n) is 14.6. The molecule has 0 aliphatic heterocycles. The summed E-state index contributed by atoms with van der Waals surface area (Å²) in [7, 11) is 0. The third-order valence-corrected chi connectivity index (χ3v) is 3.40. The monoisotopic (exact) mass is 463 g/mol. The highest BCUT2D eigenvalue weighted by Gasteiger charge is 2.09. The number of halogens is 3. The summed E-state index contributed by atoms with van der Waals surface area (Å²) < 4.78 is 26.6. The molecule has 0 saturated heterocycles. The highest BCUT2D eigenvalue weighted by Crippen LogP contribution is 2.17. The van der Waals surface area contributed by atoms with Crippen molar-refractivity contribution in [2.75, 3.05) is 13.1 Å². The minimum Gasteiger partial charge on any atom is -0.357 e. The first kappa shape index (κ1) is 21.3. The van der Waals surface area contributed by atoms with E-state index in [0.717, 1.165) is 22.6 Å². The van der Waals surface area contributed by atoms with Crippen molar-refractivity contribution in [1.82, 2.24) is 20.4 Å². The van der Waals surface area contributed by atoms with Gasteiger partial charge in [-0.25, -0.2) is 18.5 Å². The number of hydrogen-bond donors (Lipinski definition) is 2. The third-order valence-electron chi connectivity index (χ3n) is 3.40. The van der Waals surface area contributed by atoms with Crippen LogP contribution >= 0.6 is 24.0 Å². The van der Waals surface area contributed by atoms with Gasteiger partial charge in [-0.3, -0.25) is 0 Å². The molecule has 2 N–H and O–H groups in total. The molecule has 138 valence electrons. The summed E-state index contributed by atoms with van der Waals surface area (Å²) in [5, 5.41) is 10.1. The van der Waals surface area contributed by atoms with Crippen molar-refractivity contribution < 1.29 is 8.78 Å². The van der Waals surface area contributed by atoms with E-state index < -0.39 is 13.0 Å². The topological polar surface area (TPSA) is 54.2 Å². The quantitative estimate of drug-likeness (QED) is 0.392. The van der Waals surface area contributed by atoms with Crippen LogP contribution in [0.2, 0.25) is 0 Å². The van der Waals surface area contributed by atoms with E-state index in [4.69, 9.17) is 0 Å². The number of nitrogens with one attached hydrogen (secondary N) is 2. The Labute approximate surface area is 163 Å². The number of alkyl halides is 2. The van der Waals surface area contributed by atoms with Crippen LogP contribution in [0.15, 0.2) is 35.3 Å². The van der Waals surface area contributed by atoms with Gasteiger partial charge in [-0.05, 0) is 38.5 Å². The fourth-order valence-electron chi connectivity index (χ4n) is 2.40. The van der Waals surface area contributed by atoms with Crippen LogP contribution in [0.4, 0.5) is 8.78 Å². The highest BCUT2D eigenvalue weighted by molar-refractivity contribution is 14.0. The number of rotatable bonds is 6. The second-order valence-corrected chi connectivity index (χ2v) is 5.43. The lowest BCUT2D eigenvalue weighted by atomic mass is 10.2. The molecular formula is C17H24F2IN5. The summed E-state index contributed by atoms with van der Waals surface area (Å²) in [5.41, 5.74) is 3.89. The van der Waals surface area contributed by atoms with E-state index in [2.05, 4.69) is 20.7 Å². The fourth-order valence-corrected chi connectivity index (χ4v) is 2.40. The first-order chi connectivity index (χ1) is 11.5. The first-order valence-electron chi connectivity index (χ1n) is 7.93. The Morgan fingerprint density at radius 1 is 1.24 bits per heavy atom. The summed E-state index contributed by atoms with van der Waals surface area (Å²) in [5.74, 6) is 0.376. The van der Waals surface area contributed by atoms with Crippen molar-refractivity contribution in [2.24, 2.45) is 4.99 Å². The van der Waals surface area contributed by atoms with E-state index in [0.29, 0.717) is 19.0 Å². The predicted octanol–water partition coefficient (Wildman–Crippen LogP) is 3.43. The highest BCUT2D eigenvalue weighted by atomic mass is 127. The molecule has 2 aromatic rings. The number of hydrogen-bond acceptors (Lipinski definition) is 2. The average molecular weight is 463 g/mol. The summed E-state index contributed by atoms with van der Waals surface area (Å²) >= 11 is 0. The van der Waals surface area contributed by atoms with Crippen LogP contribution in [0, 0.1) is 13.8 Å². The zero-order chi connectivity index (χ0) is 17.5. The van der Waals surface area contributed by atoms with Crippen LogP contribution in [0.25, 0.3) is 5.69 Å². The van der Waals surface area contributed by atoms with E-state index in [1.165, 1.54) is 0 Å². The molecule has 8 heteroatoms. The van der Waals surface area contributed by atoms with Crippen LogP contribution in [-0.2, 0) is 6.54 Å². The molecule has 0 saturated carbocycles. The second kappa shape index (κ2) is 10.3. The standard InChI is InChI=1S/C17H23F2N5.HI/c1-4-20-17(22-11-16(18)19)21-10-14-7-5-6-8-15(14)24-13(3)9-12(2)23-24;/h5-9,16H,4,10-11H2,1-3H3,(H2,20,21,22);1H. The molecule has 1 aromatic carbocycles. The summed E-state index contributed by atoms with van der Waals surface area (Å²) in [4.78, 5) is 4.40. The van der Waals surface area contributed by atoms with Gasteiger partial charge in [-0.1, -0.05) is 18.2 Å². The third kappa shape index (κ3) is 6.26. The van der Waals surface area contributed by atoms with Crippen LogP contribution in [0.3, 0.4) is 0 Å². The lowest BCUT2D eigenvalue weighted by molar-refractivity contribution is 0.152. The number of aryl methyl sites for hydroxylation is 2. The summed E-state index contributed by atoms with van der Waals surface area (Å²) in [6.45, 7) is 6.38. The van der Waals surface area contributed by atoms with Crippen molar-refractivity contribution in [1.29, 1.82) is 0 Å². The Kier molecular flexibility index (Phi) is 8.81. The molecule has 0 aliphatic rings. The van der Waals surface area contributed by atoms with Crippen molar-refractivity contribution >= 4 is 29.9 Å². The molecule has 0 amide bonds. The molecule has 2 rings (SSSR count). The lowest BCUT2D eigenvalue weighted by Gasteiger charge is -2.13. The van der Waals surface area contributed by atoms with Crippen molar-refractivity contribution in [3.05, 3.63) is 47.3 Å². The molecule has 0 unspecified atom stereocenters. The Hall–Kier alpha value is -1.71. The minimum absolute atomic E-state index is 0. The van der Waals surface area contributed by atoms with Gasteiger partial charge in [0, 0.05) is 12.2 Å². The van der Waals surface area contributed by atoms with Gasteiger partial charge >= 0.3 is 0 Å². The number of benzene rings is 1. The van der Waals surface area contributed by atoms with Crippen molar-refractivity contribution in [3.8, 4) is 5.69 Å². The molecule has 0 bridgehead atoms. The first-order valence-corrected chi connectivity index (χ1v) is 7.93. The van der Waals surface area contributed by atoms with Gasteiger partial charge in [-0.2, -0.15) is 5.10 Å². The second-order valence-electron chi connectivity index (χ2n) is 5.43. The fraction of sp³-hybridized carbons (Fsp3) is 0.412. The van der Waals surface area contributed by atoms with Crippen LogP contribution in [0.5, 0.6) is 0 Å². The number of para-hydroxylation sites is 1. The number of nitrogens with zero attached hydrogens (tertiary/aromatic N) is 3. The molecule has 25 heavy (non-hydrogen) atoms. The normalized spacial score (nSPS) is 11.4. The van der Waals surface area contributed by atoms with E-state index in [1.54, 1.807) is 0 Å². The Balaban J connectivity index is 0.00000312. The van der Waals surface area contributed by atoms with Gasteiger partial charge in [0.15, 0.2) is 5.96 Å². The maximum Gasteiger partial charge on any atom is 0.255 e. The maximum atomic E-state index is 12.4. The molecule has 5 nitrogen and oxygen atoms in total. The largest absolute Gasteiger partial charge is 0.357 e. The van der Waals surface area contributed by atoms with Crippen molar-refractivity contribution in [3.63, 3.8) is 0 Å². The maximum absolute atomic E-state index is 12.4. The molecule has 1 aromatic heterocycles. The number of aromatic nitrogens is 2. The van der Waals surface area contributed by atoms with E-state index in [9.17, 15) is 8.78 Å². The molecular weight excluding hydrogens is 439 g/mol. The Morgan fingerprint density at radius 2 is 1.96 bits per heavy atom. The molecule has 0 atom stereocenters. The number of aliphatic imine (C=N–C) groups is 1. The van der Waals surface area contributed by atoms with Gasteiger partial charge in [0.25, 0.3) is 6.43 Å². The predicted molar refractivity (Wildman–Crippen MR) is 107 cm³/mol. The van der Waals surface area contributed by atoms with Gasteiger partial charge in [0.1, 0.15) is 0 Å². The minimum atomic E-state index is -2.42. The zero-order valence-corrected chi connectivity index (χ0v) is 16.9. The van der Waals surface area contributed by atoms with Gasteiger partial charge in [-0.15, -0.1) is 24.0 Å².